The molecule has 0 aliphatic carbocycles. The molecule has 0 aliphatic rings. The van der Waals surface area contributed by atoms with Crippen molar-refractivity contribution in [3.8, 4) is 6.07 Å². The first-order chi connectivity index (χ1) is 8.29. The second-order valence-electron chi connectivity index (χ2n) is 3.67. The minimum absolute atomic E-state index is 0.611. The van der Waals surface area contributed by atoms with Crippen molar-refractivity contribution < 1.29 is 0 Å². The van der Waals surface area contributed by atoms with E-state index < -0.39 is 0 Å². The smallest absolute Gasteiger partial charge is 0.127 e. The Balaban J connectivity index is 1.90. The lowest BCUT2D eigenvalue weighted by Crippen LogP contribution is -2.09. The molecule has 1 N–H and O–H groups in total. The SMILES string of the molecule is Cn1ccnc1CCNc1cc(C#N)ccn1. The van der Waals surface area contributed by atoms with Crippen molar-refractivity contribution in [2.24, 2.45) is 7.05 Å². The van der Waals surface area contributed by atoms with Crippen LogP contribution in [0.1, 0.15) is 11.4 Å². The Hall–Kier alpha value is -2.35. The van der Waals surface area contributed by atoms with Crippen molar-refractivity contribution in [2.45, 2.75) is 6.42 Å². The monoisotopic (exact) mass is 227 g/mol. The van der Waals surface area contributed by atoms with Gasteiger partial charge in [-0.3, -0.25) is 0 Å². The highest BCUT2D eigenvalue weighted by atomic mass is 15.0. The van der Waals surface area contributed by atoms with Gasteiger partial charge >= 0.3 is 0 Å². The van der Waals surface area contributed by atoms with Gasteiger partial charge in [0.2, 0.25) is 0 Å². The Bertz CT molecular complexity index is 538. The van der Waals surface area contributed by atoms with Gasteiger partial charge in [-0.05, 0) is 12.1 Å². The average molecular weight is 227 g/mol. The highest BCUT2D eigenvalue weighted by Crippen LogP contribution is 2.05. The van der Waals surface area contributed by atoms with Crippen molar-refractivity contribution in [1.29, 1.82) is 5.26 Å². The molecule has 0 aliphatic heterocycles. The molecule has 2 aromatic rings. The molecule has 0 fully saturated rings. The number of nitrogens with zero attached hydrogens (tertiary/aromatic N) is 4. The molecule has 2 rings (SSSR count). The summed E-state index contributed by atoms with van der Waals surface area (Å²) in [6, 6.07) is 5.50. The third-order valence-electron chi connectivity index (χ3n) is 2.46. The fourth-order valence-corrected chi connectivity index (χ4v) is 1.54. The third-order valence-corrected chi connectivity index (χ3v) is 2.46. The minimum atomic E-state index is 0.611. The van der Waals surface area contributed by atoms with E-state index in [-0.39, 0.29) is 0 Å². The van der Waals surface area contributed by atoms with Crippen molar-refractivity contribution in [2.75, 3.05) is 11.9 Å². The van der Waals surface area contributed by atoms with E-state index in [2.05, 4.69) is 21.4 Å². The van der Waals surface area contributed by atoms with Crippen molar-refractivity contribution in [3.05, 3.63) is 42.1 Å². The predicted octanol–water partition coefficient (Wildman–Crippen LogP) is 1.34. The van der Waals surface area contributed by atoms with Gasteiger partial charge in [-0.15, -0.1) is 0 Å². The Labute approximate surface area is 99.7 Å². The van der Waals surface area contributed by atoms with Crippen LogP contribution in [0.5, 0.6) is 0 Å². The summed E-state index contributed by atoms with van der Waals surface area (Å²) in [6.45, 7) is 0.743. The number of aryl methyl sites for hydroxylation is 1. The van der Waals surface area contributed by atoms with Gasteiger partial charge in [0.25, 0.3) is 0 Å². The molecule has 2 aromatic heterocycles. The van der Waals surface area contributed by atoms with E-state index in [0.29, 0.717) is 5.56 Å². The van der Waals surface area contributed by atoms with Gasteiger partial charge in [0.05, 0.1) is 11.6 Å². The zero-order valence-corrected chi connectivity index (χ0v) is 9.59. The van der Waals surface area contributed by atoms with Crippen LogP contribution < -0.4 is 5.32 Å². The molecule has 0 spiro atoms. The van der Waals surface area contributed by atoms with Gasteiger partial charge in [0, 0.05) is 38.6 Å². The van der Waals surface area contributed by atoms with Gasteiger partial charge in [-0.25, -0.2) is 9.97 Å². The van der Waals surface area contributed by atoms with E-state index in [0.717, 1.165) is 24.6 Å². The molecule has 0 saturated carbocycles. The van der Waals surface area contributed by atoms with Crippen LogP contribution >= 0.6 is 0 Å². The van der Waals surface area contributed by atoms with Gasteiger partial charge in [-0.1, -0.05) is 0 Å². The molecular formula is C12H13N5. The van der Waals surface area contributed by atoms with Crippen LogP contribution in [-0.4, -0.2) is 21.1 Å². The maximum Gasteiger partial charge on any atom is 0.127 e. The first-order valence-corrected chi connectivity index (χ1v) is 5.36. The van der Waals surface area contributed by atoms with E-state index in [1.807, 2.05) is 17.8 Å². The molecule has 0 saturated heterocycles. The zero-order chi connectivity index (χ0) is 12.1. The van der Waals surface area contributed by atoms with Gasteiger partial charge in [-0.2, -0.15) is 5.26 Å². The molecule has 86 valence electrons. The summed E-state index contributed by atoms with van der Waals surface area (Å²) in [7, 11) is 1.97. The molecule has 0 bridgehead atoms. The van der Waals surface area contributed by atoms with E-state index >= 15 is 0 Å². The summed E-state index contributed by atoms with van der Waals surface area (Å²) in [5.74, 6) is 1.74. The molecule has 0 aromatic carbocycles. The number of hydrogen-bond donors (Lipinski definition) is 1. The van der Waals surface area contributed by atoms with Crippen LogP contribution in [0.2, 0.25) is 0 Å². The number of pyridine rings is 1. The fourth-order valence-electron chi connectivity index (χ4n) is 1.54. The van der Waals surface area contributed by atoms with Crippen LogP contribution in [0, 0.1) is 11.3 Å². The van der Waals surface area contributed by atoms with Crippen molar-refractivity contribution in [1.82, 2.24) is 14.5 Å². The van der Waals surface area contributed by atoms with Gasteiger partial charge in [0.15, 0.2) is 0 Å². The largest absolute Gasteiger partial charge is 0.370 e. The van der Waals surface area contributed by atoms with Crippen molar-refractivity contribution in [3.63, 3.8) is 0 Å². The predicted molar refractivity (Wildman–Crippen MR) is 64.4 cm³/mol. The lowest BCUT2D eigenvalue weighted by molar-refractivity contribution is 0.788. The number of nitrogens with one attached hydrogen (secondary N) is 1. The minimum Gasteiger partial charge on any atom is -0.370 e. The molecule has 5 heteroatoms. The second kappa shape index (κ2) is 5.12. The lowest BCUT2D eigenvalue weighted by atomic mass is 10.3. The number of nitriles is 1. The maximum absolute atomic E-state index is 8.76. The van der Waals surface area contributed by atoms with E-state index in [9.17, 15) is 0 Å². The summed E-state index contributed by atoms with van der Waals surface area (Å²) in [5.41, 5.74) is 0.611. The quantitative estimate of drug-likeness (QED) is 0.856. The Morgan fingerprint density at radius 3 is 3.00 bits per heavy atom. The average Bonchev–Trinajstić information content (AvgIpc) is 2.76. The number of rotatable bonds is 4. The molecule has 0 amide bonds. The summed E-state index contributed by atoms with van der Waals surface area (Å²) < 4.78 is 1.99. The maximum atomic E-state index is 8.76. The number of anilines is 1. The van der Waals surface area contributed by atoms with E-state index in [1.54, 1.807) is 24.5 Å². The normalized spacial score (nSPS) is 9.88. The molecular weight excluding hydrogens is 214 g/mol. The van der Waals surface area contributed by atoms with Gasteiger partial charge in [0.1, 0.15) is 11.6 Å². The molecule has 0 unspecified atom stereocenters. The lowest BCUT2D eigenvalue weighted by Gasteiger charge is -2.05. The summed E-state index contributed by atoms with van der Waals surface area (Å²) in [5, 5.41) is 11.9. The Kier molecular flexibility index (Phi) is 3.36. The Morgan fingerprint density at radius 1 is 1.41 bits per heavy atom. The first-order valence-electron chi connectivity index (χ1n) is 5.36. The van der Waals surface area contributed by atoms with Gasteiger partial charge < -0.3 is 9.88 Å². The van der Waals surface area contributed by atoms with E-state index in [4.69, 9.17) is 5.26 Å². The summed E-state index contributed by atoms with van der Waals surface area (Å²) >= 11 is 0. The number of imidazole rings is 1. The summed E-state index contributed by atoms with van der Waals surface area (Å²) in [6.07, 6.45) is 6.15. The highest BCUT2D eigenvalue weighted by molar-refractivity contribution is 5.42. The molecule has 5 nitrogen and oxygen atoms in total. The van der Waals surface area contributed by atoms with E-state index in [1.165, 1.54) is 0 Å². The third kappa shape index (κ3) is 2.82. The summed E-state index contributed by atoms with van der Waals surface area (Å²) in [4.78, 5) is 8.37. The fraction of sp³-hybridized carbons (Fsp3) is 0.250. The highest BCUT2D eigenvalue weighted by Gasteiger charge is 2.00. The van der Waals surface area contributed by atoms with Crippen LogP contribution in [-0.2, 0) is 13.5 Å². The number of aromatic nitrogens is 3. The van der Waals surface area contributed by atoms with Crippen molar-refractivity contribution >= 4 is 5.82 Å². The molecule has 17 heavy (non-hydrogen) atoms. The zero-order valence-electron chi connectivity index (χ0n) is 9.59. The Morgan fingerprint density at radius 2 is 2.29 bits per heavy atom. The molecule has 0 atom stereocenters. The van der Waals surface area contributed by atoms with Crippen LogP contribution in [0.25, 0.3) is 0 Å². The van der Waals surface area contributed by atoms with Crippen LogP contribution in [0.3, 0.4) is 0 Å². The first kappa shape index (κ1) is 11.1. The van der Waals surface area contributed by atoms with Crippen LogP contribution in [0.4, 0.5) is 5.82 Å². The topological polar surface area (TPSA) is 66.5 Å². The molecule has 2 heterocycles. The standard InChI is InChI=1S/C12H13N5/c1-17-7-6-16-12(17)3-5-15-11-8-10(9-13)2-4-14-11/h2,4,6-8H,3,5H2,1H3,(H,14,15). The number of hydrogen-bond acceptors (Lipinski definition) is 4. The second-order valence-corrected chi connectivity index (χ2v) is 3.67. The van der Waals surface area contributed by atoms with Crippen LogP contribution in [0.15, 0.2) is 30.7 Å². The molecule has 0 radical (unpaired) electrons.